The molecule has 0 unspecified atom stereocenters. The number of hydrogen-bond acceptors (Lipinski definition) is 3. The molecule has 1 fully saturated rings. The van der Waals surface area contributed by atoms with Crippen molar-refractivity contribution >= 4 is 17.7 Å². The second-order valence-corrected chi connectivity index (χ2v) is 4.51. The van der Waals surface area contributed by atoms with E-state index in [-0.39, 0.29) is 18.1 Å². The van der Waals surface area contributed by atoms with Crippen LogP contribution in [-0.2, 0) is 9.53 Å². The number of hydrogen-bond donors (Lipinski definition) is 1. The van der Waals surface area contributed by atoms with Crippen LogP contribution in [0.4, 0.5) is 10.5 Å². The van der Waals surface area contributed by atoms with Gasteiger partial charge in [0.1, 0.15) is 6.10 Å². The molecular weight excluding hydrogens is 244 g/mol. The van der Waals surface area contributed by atoms with Crippen LogP contribution < -0.4 is 10.2 Å². The Morgan fingerprint density at radius 2 is 2.16 bits per heavy atom. The van der Waals surface area contributed by atoms with Gasteiger partial charge in [0.2, 0.25) is 5.91 Å². The lowest BCUT2D eigenvalue weighted by atomic mass is 10.2. The Morgan fingerprint density at radius 1 is 1.42 bits per heavy atom. The minimum atomic E-state index is -0.360. The van der Waals surface area contributed by atoms with Crippen molar-refractivity contribution in [2.24, 2.45) is 0 Å². The van der Waals surface area contributed by atoms with Gasteiger partial charge < -0.3 is 10.1 Å². The highest BCUT2D eigenvalue weighted by atomic mass is 16.6. The molecule has 5 heteroatoms. The van der Waals surface area contributed by atoms with Crippen molar-refractivity contribution in [2.45, 2.75) is 25.9 Å². The standard InChI is InChI=1S/C14H18N2O3/c1-2-6-13(17)15-9-12-10-16(14(18)19-12)11-7-4-3-5-8-11/h3-5,7-8,12H,2,6,9-10H2,1H3,(H,15,17)/t12-/m1/s1. The van der Waals surface area contributed by atoms with E-state index in [1.165, 1.54) is 0 Å². The van der Waals surface area contributed by atoms with E-state index in [1.807, 2.05) is 37.3 Å². The Bertz CT molecular complexity index is 447. The molecule has 1 aromatic carbocycles. The van der Waals surface area contributed by atoms with Crippen molar-refractivity contribution in [3.8, 4) is 0 Å². The van der Waals surface area contributed by atoms with Crippen LogP contribution in [0, 0.1) is 0 Å². The van der Waals surface area contributed by atoms with Gasteiger partial charge in [-0.05, 0) is 18.6 Å². The third-order valence-corrected chi connectivity index (χ3v) is 2.95. The van der Waals surface area contributed by atoms with Gasteiger partial charge in [-0.3, -0.25) is 9.69 Å². The Balaban J connectivity index is 1.88. The first-order valence-corrected chi connectivity index (χ1v) is 6.50. The number of anilines is 1. The molecule has 1 atom stereocenters. The zero-order chi connectivity index (χ0) is 13.7. The molecule has 5 nitrogen and oxygen atoms in total. The number of cyclic esters (lactones) is 1. The van der Waals surface area contributed by atoms with E-state index in [0.717, 1.165) is 12.1 Å². The van der Waals surface area contributed by atoms with Crippen molar-refractivity contribution in [1.29, 1.82) is 0 Å². The third-order valence-electron chi connectivity index (χ3n) is 2.95. The molecular formula is C14H18N2O3. The van der Waals surface area contributed by atoms with Gasteiger partial charge in [0.15, 0.2) is 0 Å². The third kappa shape index (κ3) is 3.47. The molecule has 1 heterocycles. The molecule has 0 bridgehead atoms. The van der Waals surface area contributed by atoms with Gasteiger partial charge in [-0.25, -0.2) is 4.79 Å². The zero-order valence-electron chi connectivity index (χ0n) is 11.0. The number of carbonyl (C=O) groups is 2. The molecule has 2 rings (SSSR count). The summed E-state index contributed by atoms with van der Waals surface area (Å²) < 4.78 is 5.23. The molecule has 0 aromatic heterocycles. The number of nitrogens with one attached hydrogen (secondary N) is 1. The Kier molecular flexibility index (Phi) is 4.39. The summed E-state index contributed by atoms with van der Waals surface area (Å²) in [6, 6.07) is 9.36. The summed E-state index contributed by atoms with van der Waals surface area (Å²) >= 11 is 0. The number of rotatable bonds is 5. The lowest BCUT2D eigenvalue weighted by Gasteiger charge is -2.12. The molecule has 1 N–H and O–H groups in total. The lowest BCUT2D eigenvalue weighted by molar-refractivity contribution is -0.121. The van der Waals surface area contributed by atoms with Crippen LogP contribution in [0.15, 0.2) is 30.3 Å². The highest BCUT2D eigenvalue weighted by molar-refractivity contribution is 5.89. The number of ether oxygens (including phenoxy) is 1. The average molecular weight is 262 g/mol. The second-order valence-electron chi connectivity index (χ2n) is 4.51. The SMILES string of the molecule is CCCC(=O)NC[C@@H]1CN(c2ccccc2)C(=O)O1. The minimum absolute atomic E-state index is 0.00305. The maximum Gasteiger partial charge on any atom is 0.414 e. The van der Waals surface area contributed by atoms with Gasteiger partial charge in [0, 0.05) is 12.1 Å². The predicted molar refractivity (Wildman–Crippen MR) is 72.0 cm³/mol. The first kappa shape index (κ1) is 13.4. The largest absolute Gasteiger partial charge is 0.442 e. The van der Waals surface area contributed by atoms with Gasteiger partial charge in [-0.2, -0.15) is 0 Å². The van der Waals surface area contributed by atoms with Crippen molar-refractivity contribution in [2.75, 3.05) is 18.0 Å². The molecule has 0 saturated carbocycles. The van der Waals surface area contributed by atoms with E-state index in [9.17, 15) is 9.59 Å². The number of amides is 2. The van der Waals surface area contributed by atoms with Crippen LogP contribution in [0.1, 0.15) is 19.8 Å². The lowest BCUT2D eigenvalue weighted by Crippen LogP contribution is -2.34. The fourth-order valence-corrected chi connectivity index (χ4v) is 1.99. The molecule has 0 radical (unpaired) electrons. The minimum Gasteiger partial charge on any atom is -0.442 e. The Morgan fingerprint density at radius 3 is 2.84 bits per heavy atom. The fourth-order valence-electron chi connectivity index (χ4n) is 1.99. The van der Waals surface area contributed by atoms with Crippen molar-refractivity contribution in [1.82, 2.24) is 5.32 Å². The summed E-state index contributed by atoms with van der Waals surface area (Å²) in [6.45, 7) is 2.79. The first-order valence-electron chi connectivity index (χ1n) is 6.50. The smallest absolute Gasteiger partial charge is 0.414 e. The molecule has 1 aromatic rings. The highest BCUT2D eigenvalue weighted by Gasteiger charge is 2.32. The van der Waals surface area contributed by atoms with E-state index >= 15 is 0 Å². The molecule has 19 heavy (non-hydrogen) atoms. The number of para-hydroxylation sites is 1. The van der Waals surface area contributed by atoms with Gasteiger partial charge in [0.25, 0.3) is 0 Å². The summed E-state index contributed by atoms with van der Waals surface area (Å²) in [6.07, 6.45) is 0.671. The fraction of sp³-hybridized carbons (Fsp3) is 0.429. The molecule has 0 spiro atoms. The van der Waals surface area contributed by atoms with E-state index in [4.69, 9.17) is 4.74 Å². The summed E-state index contributed by atoms with van der Waals surface area (Å²) in [5, 5.41) is 2.78. The molecule has 1 saturated heterocycles. The summed E-state index contributed by atoms with van der Waals surface area (Å²) in [4.78, 5) is 24.7. The average Bonchev–Trinajstić information content (AvgIpc) is 2.79. The van der Waals surface area contributed by atoms with Crippen LogP contribution in [-0.4, -0.2) is 31.2 Å². The van der Waals surface area contributed by atoms with Crippen LogP contribution >= 0.6 is 0 Å². The van der Waals surface area contributed by atoms with Crippen LogP contribution in [0.5, 0.6) is 0 Å². The Hall–Kier alpha value is -2.04. The summed E-state index contributed by atoms with van der Waals surface area (Å²) in [5.41, 5.74) is 0.815. The topological polar surface area (TPSA) is 58.6 Å². The second kappa shape index (κ2) is 6.22. The van der Waals surface area contributed by atoms with Gasteiger partial charge in [0.05, 0.1) is 13.1 Å². The summed E-state index contributed by atoms with van der Waals surface area (Å²) in [7, 11) is 0. The zero-order valence-corrected chi connectivity index (χ0v) is 11.0. The number of benzene rings is 1. The maximum absolute atomic E-state index is 11.7. The maximum atomic E-state index is 11.7. The number of nitrogens with zero attached hydrogens (tertiary/aromatic N) is 1. The van der Waals surface area contributed by atoms with E-state index < -0.39 is 0 Å². The first-order chi connectivity index (χ1) is 9.20. The number of carbonyl (C=O) groups excluding carboxylic acids is 2. The molecule has 2 amide bonds. The normalized spacial score (nSPS) is 18.3. The predicted octanol–water partition coefficient (Wildman–Crippen LogP) is 1.93. The van der Waals surface area contributed by atoms with E-state index in [1.54, 1.807) is 4.90 Å². The van der Waals surface area contributed by atoms with Crippen molar-refractivity contribution in [3.05, 3.63) is 30.3 Å². The van der Waals surface area contributed by atoms with Gasteiger partial charge in [-0.15, -0.1) is 0 Å². The van der Waals surface area contributed by atoms with Crippen LogP contribution in [0.3, 0.4) is 0 Å². The monoisotopic (exact) mass is 262 g/mol. The molecule has 102 valence electrons. The summed E-state index contributed by atoms with van der Waals surface area (Å²) in [5.74, 6) is -0.00305. The Labute approximate surface area is 112 Å². The quantitative estimate of drug-likeness (QED) is 0.882. The molecule has 0 aliphatic carbocycles. The van der Waals surface area contributed by atoms with Gasteiger partial charge >= 0.3 is 6.09 Å². The van der Waals surface area contributed by atoms with E-state index in [0.29, 0.717) is 19.5 Å². The van der Waals surface area contributed by atoms with Crippen LogP contribution in [0.25, 0.3) is 0 Å². The molecule has 1 aliphatic heterocycles. The van der Waals surface area contributed by atoms with Crippen LogP contribution in [0.2, 0.25) is 0 Å². The molecule has 1 aliphatic rings. The van der Waals surface area contributed by atoms with E-state index in [2.05, 4.69) is 5.32 Å². The van der Waals surface area contributed by atoms with Crippen molar-refractivity contribution < 1.29 is 14.3 Å². The highest BCUT2D eigenvalue weighted by Crippen LogP contribution is 2.20. The van der Waals surface area contributed by atoms with Crippen molar-refractivity contribution in [3.63, 3.8) is 0 Å². The van der Waals surface area contributed by atoms with Gasteiger partial charge in [-0.1, -0.05) is 25.1 Å².